The van der Waals surface area contributed by atoms with Crippen molar-refractivity contribution in [1.82, 2.24) is 4.90 Å². The van der Waals surface area contributed by atoms with E-state index in [0.717, 1.165) is 5.56 Å². The summed E-state index contributed by atoms with van der Waals surface area (Å²) in [6.45, 7) is 3.95. The van der Waals surface area contributed by atoms with Crippen molar-refractivity contribution in [3.63, 3.8) is 0 Å². The highest BCUT2D eigenvalue weighted by atomic mass is 16.6. The fourth-order valence-electron chi connectivity index (χ4n) is 2.77. The van der Waals surface area contributed by atoms with Crippen LogP contribution in [0.1, 0.15) is 16.1 Å². The van der Waals surface area contributed by atoms with Crippen LogP contribution in [0.4, 0.5) is 11.4 Å². The Kier molecular flexibility index (Phi) is 4.01. The largest absolute Gasteiger partial charge is 0.459 e. The van der Waals surface area contributed by atoms with Crippen LogP contribution in [0.3, 0.4) is 0 Å². The number of amides is 1. The maximum Gasteiger partial charge on any atom is 0.292 e. The molecule has 1 amide bonds. The first-order chi connectivity index (χ1) is 11.1. The van der Waals surface area contributed by atoms with Gasteiger partial charge < -0.3 is 14.2 Å². The Bertz CT molecular complexity index is 732. The minimum Gasteiger partial charge on any atom is -0.459 e. The van der Waals surface area contributed by atoms with Crippen molar-refractivity contribution in [2.75, 3.05) is 31.1 Å². The predicted molar refractivity (Wildman–Crippen MR) is 84.7 cm³/mol. The molecule has 0 N–H and O–H groups in total. The van der Waals surface area contributed by atoms with E-state index in [1.807, 2.05) is 11.8 Å². The van der Waals surface area contributed by atoms with E-state index in [-0.39, 0.29) is 16.5 Å². The van der Waals surface area contributed by atoms with E-state index in [0.29, 0.717) is 37.6 Å². The van der Waals surface area contributed by atoms with E-state index in [4.69, 9.17) is 4.42 Å². The first-order valence-corrected chi connectivity index (χ1v) is 7.39. The molecule has 1 aliphatic heterocycles. The lowest BCUT2D eigenvalue weighted by Crippen LogP contribution is -2.49. The maximum atomic E-state index is 12.4. The average molecular weight is 315 g/mol. The highest BCUT2D eigenvalue weighted by Crippen LogP contribution is 2.28. The topological polar surface area (TPSA) is 79.8 Å². The Hall–Kier alpha value is -2.83. The van der Waals surface area contributed by atoms with Gasteiger partial charge in [0.25, 0.3) is 11.6 Å². The lowest BCUT2D eigenvalue weighted by atomic mass is 10.2. The quantitative estimate of drug-likeness (QED) is 0.642. The summed E-state index contributed by atoms with van der Waals surface area (Å²) in [6.07, 6.45) is 1.51. The molecule has 1 aromatic carbocycles. The zero-order valence-corrected chi connectivity index (χ0v) is 12.8. The molecule has 0 aliphatic carbocycles. The number of para-hydroxylation sites is 2. The zero-order chi connectivity index (χ0) is 16.4. The van der Waals surface area contributed by atoms with E-state index in [2.05, 4.69) is 0 Å². The van der Waals surface area contributed by atoms with E-state index < -0.39 is 0 Å². The molecule has 0 unspecified atom stereocenters. The van der Waals surface area contributed by atoms with Gasteiger partial charge in [-0.2, -0.15) is 0 Å². The molecular weight excluding hydrogens is 298 g/mol. The maximum absolute atomic E-state index is 12.4. The van der Waals surface area contributed by atoms with Gasteiger partial charge in [-0.1, -0.05) is 12.1 Å². The normalized spacial score (nSPS) is 14.8. The number of hydrogen-bond donors (Lipinski definition) is 0. The molecule has 0 radical (unpaired) electrons. The van der Waals surface area contributed by atoms with Gasteiger partial charge in [-0.05, 0) is 19.1 Å². The summed E-state index contributed by atoms with van der Waals surface area (Å²) in [5.74, 6) is 0.235. The van der Waals surface area contributed by atoms with Crippen molar-refractivity contribution < 1.29 is 14.1 Å². The molecule has 1 fully saturated rings. The second-order valence-electron chi connectivity index (χ2n) is 5.46. The Morgan fingerprint density at radius 2 is 1.87 bits per heavy atom. The van der Waals surface area contributed by atoms with Gasteiger partial charge in [-0.3, -0.25) is 14.9 Å². The monoisotopic (exact) mass is 315 g/mol. The highest BCUT2D eigenvalue weighted by molar-refractivity contribution is 5.93. The summed E-state index contributed by atoms with van der Waals surface area (Å²) in [4.78, 5) is 26.8. The molecule has 0 saturated carbocycles. The summed E-state index contributed by atoms with van der Waals surface area (Å²) in [6, 6.07) is 8.44. The van der Waals surface area contributed by atoms with Crippen LogP contribution >= 0.6 is 0 Å². The van der Waals surface area contributed by atoms with Crippen molar-refractivity contribution >= 4 is 17.3 Å². The lowest BCUT2D eigenvalue weighted by molar-refractivity contribution is -0.384. The Labute approximate surface area is 133 Å². The van der Waals surface area contributed by atoms with Gasteiger partial charge in [0, 0.05) is 37.8 Å². The summed E-state index contributed by atoms with van der Waals surface area (Å²) in [5.41, 5.74) is 1.50. The number of aryl methyl sites for hydroxylation is 1. The number of rotatable bonds is 3. The van der Waals surface area contributed by atoms with Crippen LogP contribution in [0.15, 0.2) is 41.0 Å². The standard InChI is InChI=1S/C16H17N3O4/c1-12-6-11-23-15(12)16(20)18-9-7-17(8-10-18)13-4-2-3-5-14(13)19(21)22/h2-6,11H,7-10H2,1H3. The van der Waals surface area contributed by atoms with Crippen LogP contribution in [-0.2, 0) is 0 Å². The van der Waals surface area contributed by atoms with Crippen LogP contribution in [0.2, 0.25) is 0 Å². The van der Waals surface area contributed by atoms with Gasteiger partial charge in [0.2, 0.25) is 0 Å². The molecule has 0 atom stereocenters. The van der Waals surface area contributed by atoms with Gasteiger partial charge >= 0.3 is 0 Å². The minimum absolute atomic E-state index is 0.0918. The fraction of sp³-hybridized carbons (Fsp3) is 0.312. The van der Waals surface area contributed by atoms with Gasteiger partial charge in [0.1, 0.15) is 5.69 Å². The third-order valence-corrected chi connectivity index (χ3v) is 4.04. The van der Waals surface area contributed by atoms with E-state index in [1.165, 1.54) is 12.3 Å². The number of furan rings is 1. The summed E-state index contributed by atoms with van der Waals surface area (Å²) in [5, 5.41) is 11.1. The second-order valence-corrected chi connectivity index (χ2v) is 5.46. The predicted octanol–water partition coefficient (Wildman–Crippen LogP) is 2.46. The molecular formula is C16H17N3O4. The number of anilines is 1. The number of hydrogen-bond acceptors (Lipinski definition) is 5. The molecule has 120 valence electrons. The van der Waals surface area contributed by atoms with Crippen molar-refractivity contribution in [2.24, 2.45) is 0 Å². The van der Waals surface area contributed by atoms with Gasteiger partial charge in [0.05, 0.1) is 11.2 Å². The first-order valence-electron chi connectivity index (χ1n) is 7.39. The molecule has 3 rings (SSSR count). The van der Waals surface area contributed by atoms with Gasteiger partial charge in [0.15, 0.2) is 5.76 Å². The number of piperazine rings is 1. The van der Waals surface area contributed by atoms with Crippen molar-refractivity contribution in [2.45, 2.75) is 6.92 Å². The number of nitro benzene ring substituents is 1. The molecule has 1 aromatic heterocycles. The molecule has 1 aliphatic rings. The SMILES string of the molecule is Cc1ccoc1C(=O)N1CCN(c2ccccc2[N+](=O)[O-])CC1. The summed E-state index contributed by atoms with van der Waals surface area (Å²) < 4.78 is 5.25. The highest BCUT2D eigenvalue weighted by Gasteiger charge is 2.27. The minimum atomic E-state index is -0.376. The molecule has 1 saturated heterocycles. The smallest absolute Gasteiger partial charge is 0.292 e. The number of carbonyl (C=O) groups excluding carboxylic acids is 1. The van der Waals surface area contributed by atoms with Crippen LogP contribution in [-0.4, -0.2) is 41.9 Å². The molecule has 0 spiro atoms. The Balaban J connectivity index is 1.71. The van der Waals surface area contributed by atoms with Gasteiger partial charge in [-0.15, -0.1) is 0 Å². The van der Waals surface area contributed by atoms with Crippen LogP contribution < -0.4 is 4.90 Å². The average Bonchev–Trinajstić information content (AvgIpc) is 3.00. The van der Waals surface area contributed by atoms with Crippen LogP contribution in [0.25, 0.3) is 0 Å². The molecule has 2 heterocycles. The number of nitrogens with zero attached hydrogens (tertiary/aromatic N) is 3. The molecule has 0 bridgehead atoms. The summed E-state index contributed by atoms with van der Waals surface area (Å²) >= 11 is 0. The van der Waals surface area contributed by atoms with E-state index >= 15 is 0 Å². The zero-order valence-electron chi connectivity index (χ0n) is 12.8. The first kappa shape index (κ1) is 15.1. The van der Waals surface area contributed by atoms with Crippen molar-refractivity contribution in [3.8, 4) is 0 Å². The lowest BCUT2D eigenvalue weighted by Gasteiger charge is -2.35. The Morgan fingerprint density at radius 1 is 1.17 bits per heavy atom. The van der Waals surface area contributed by atoms with Crippen molar-refractivity contribution in [1.29, 1.82) is 0 Å². The fourth-order valence-corrected chi connectivity index (χ4v) is 2.77. The number of carbonyl (C=O) groups is 1. The van der Waals surface area contributed by atoms with E-state index in [1.54, 1.807) is 29.2 Å². The number of nitro groups is 1. The van der Waals surface area contributed by atoms with Crippen LogP contribution in [0, 0.1) is 17.0 Å². The third kappa shape index (κ3) is 2.90. The molecule has 7 heteroatoms. The third-order valence-electron chi connectivity index (χ3n) is 4.04. The van der Waals surface area contributed by atoms with Gasteiger partial charge in [-0.25, -0.2) is 0 Å². The second kappa shape index (κ2) is 6.12. The molecule has 2 aromatic rings. The van der Waals surface area contributed by atoms with E-state index in [9.17, 15) is 14.9 Å². The number of benzene rings is 1. The van der Waals surface area contributed by atoms with Crippen molar-refractivity contribution in [3.05, 3.63) is 58.0 Å². The Morgan fingerprint density at radius 3 is 2.48 bits per heavy atom. The summed E-state index contributed by atoms with van der Waals surface area (Å²) in [7, 11) is 0. The molecule has 7 nitrogen and oxygen atoms in total. The molecule has 23 heavy (non-hydrogen) atoms. The van der Waals surface area contributed by atoms with Crippen LogP contribution in [0.5, 0.6) is 0 Å².